The largest absolute Gasteiger partial charge is 0.370 e. The molecule has 0 unspecified atom stereocenters. The van der Waals surface area contributed by atoms with Crippen LogP contribution in [0.25, 0.3) is 10.2 Å². The number of thiophene rings is 1. The van der Waals surface area contributed by atoms with E-state index in [1.165, 1.54) is 15.8 Å². The summed E-state index contributed by atoms with van der Waals surface area (Å²) in [6.45, 7) is 7.18. The Balaban J connectivity index is 2.22. The van der Waals surface area contributed by atoms with Crippen LogP contribution in [0.3, 0.4) is 0 Å². The van der Waals surface area contributed by atoms with E-state index in [2.05, 4.69) is 20.8 Å². The van der Waals surface area contributed by atoms with Crippen molar-refractivity contribution in [2.75, 3.05) is 12.0 Å². The minimum Gasteiger partial charge on any atom is -0.370 e. The normalized spacial score (nSPS) is 17.4. The SMILES string of the molecule is CCSc1nc(SC)nc2sc3c(c12)CC(C)(C)OC3. The number of hydrogen-bond donors (Lipinski definition) is 0. The van der Waals surface area contributed by atoms with Gasteiger partial charge in [-0.25, -0.2) is 9.97 Å². The Morgan fingerprint density at radius 1 is 1.35 bits per heavy atom. The molecule has 3 heterocycles. The van der Waals surface area contributed by atoms with Gasteiger partial charge in [0.15, 0.2) is 5.16 Å². The number of nitrogens with zero attached hydrogens (tertiary/aromatic N) is 2. The van der Waals surface area contributed by atoms with Gasteiger partial charge < -0.3 is 4.74 Å². The first kappa shape index (κ1) is 14.6. The van der Waals surface area contributed by atoms with Gasteiger partial charge in [0.05, 0.1) is 12.2 Å². The van der Waals surface area contributed by atoms with Crippen LogP contribution >= 0.6 is 34.9 Å². The van der Waals surface area contributed by atoms with E-state index in [0.717, 1.165) is 27.2 Å². The fraction of sp³-hybridized carbons (Fsp3) is 0.571. The lowest BCUT2D eigenvalue weighted by Gasteiger charge is -2.30. The minimum absolute atomic E-state index is 0.0899. The zero-order valence-electron chi connectivity index (χ0n) is 12.1. The van der Waals surface area contributed by atoms with E-state index in [9.17, 15) is 0 Å². The molecule has 0 amide bonds. The van der Waals surface area contributed by atoms with Gasteiger partial charge in [0.25, 0.3) is 0 Å². The molecule has 0 saturated heterocycles. The summed E-state index contributed by atoms with van der Waals surface area (Å²) in [7, 11) is 0. The maximum absolute atomic E-state index is 5.93. The van der Waals surface area contributed by atoms with Crippen LogP contribution in [-0.4, -0.2) is 27.6 Å². The van der Waals surface area contributed by atoms with Gasteiger partial charge in [0, 0.05) is 16.7 Å². The van der Waals surface area contributed by atoms with Crippen molar-refractivity contribution in [1.82, 2.24) is 9.97 Å². The molecule has 0 aliphatic carbocycles. The summed E-state index contributed by atoms with van der Waals surface area (Å²) in [5, 5.41) is 3.27. The molecule has 2 aromatic heterocycles. The Morgan fingerprint density at radius 2 is 2.15 bits per heavy atom. The van der Waals surface area contributed by atoms with Gasteiger partial charge in [0.2, 0.25) is 0 Å². The van der Waals surface area contributed by atoms with Gasteiger partial charge in [-0.05, 0) is 31.4 Å². The molecule has 0 bridgehead atoms. The number of ether oxygens (including phenoxy) is 1. The molecule has 0 N–H and O–H groups in total. The molecule has 3 rings (SSSR count). The summed E-state index contributed by atoms with van der Waals surface area (Å²) in [5.74, 6) is 1.03. The molecule has 6 heteroatoms. The summed E-state index contributed by atoms with van der Waals surface area (Å²) >= 11 is 5.19. The Kier molecular flexibility index (Phi) is 4.01. The van der Waals surface area contributed by atoms with Crippen molar-refractivity contribution in [2.45, 2.75) is 49.6 Å². The summed E-state index contributed by atoms with van der Waals surface area (Å²) in [4.78, 5) is 11.8. The highest BCUT2D eigenvalue weighted by atomic mass is 32.2. The van der Waals surface area contributed by atoms with E-state index < -0.39 is 0 Å². The number of thioether (sulfide) groups is 2. The van der Waals surface area contributed by atoms with Crippen LogP contribution in [0, 0.1) is 0 Å². The highest BCUT2D eigenvalue weighted by Gasteiger charge is 2.30. The summed E-state index contributed by atoms with van der Waals surface area (Å²) < 4.78 is 5.93. The van der Waals surface area contributed by atoms with Crippen molar-refractivity contribution in [3.8, 4) is 0 Å². The highest BCUT2D eigenvalue weighted by Crippen LogP contribution is 2.42. The predicted molar refractivity (Wildman–Crippen MR) is 88.2 cm³/mol. The molecule has 0 fully saturated rings. The summed E-state index contributed by atoms with van der Waals surface area (Å²) in [6, 6.07) is 0. The molecule has 0 spiro atoms. The Hall–Kier alpha value is -0.300. The third-order valence-corrected chi connectivity index (χ3v) is 5.85. The van der Waals surface area contributed by atoms with Crippen molar-refractivity contribution in [1.29, 1.82) is 0 Å². The van der Waals surface area contributed by atoms with Crippen molar-refractivity contribution < 1.29 is 4.74 Å². The van der Waals surface area contributed by atoms with Crippen molar-refractivity contribution in [2.24, 2.45) is 0 Å². The Labute approximate surface area is 131 Å². The predicted octanol–water partition coefficient (Wildman–Crippen LogP) is 4.38. The molecule has 1 aliphatic rings. The van der Waals surface area contributed by atoms with Crippen LogP contribution in [0.1, 0.15) is 31.2 Å². The quantitative estimate of drug-likeness (QED) is 0.475. The second kappa shape index (κ2) is 5.48. The van der Waals surface area contributed by atoms with E-state index in [1.807, 2.05) is 18.0 Å². The fourth-order valence-corrected chi connectivity index (χ4v) is 4.86. The van der Waals surface area contributed by atoms with Crippen LogP contribution in [0.15, 0.2) is 10.2 Å². The highest BCUT2D eigenvalue weighted by molar-refractivity contribution is 7.99. The van der Waals surface area contributed by atoms with Gasteiger partial charge >= 0.3 is 0 Å². The van der Waals surface area contributed by atoms with Gasteiger partial charge in [0.1, 0.15) is 9.86 Å². The monoisotopic (exact) mass is 326 g/mol. The molecule has 0 saturated carbocycles. The first-order valence-corrected chi connectivity index (χ1v) is 9.70. The molecule has 3 nitrogen and oxygen atoms in total. The second-order valence-corrected chi connectivity index (χ2v) is 8.47. The van der Waals surface area contributed by atoms with E-state index in [-0.39, 0.29) is 5.60 Å². The standard InChI is InChI=1S/C14H18N2OS3/c1-5-19-11-10-8-6-14(2,3)17-7-9(8)20-12(10)16-13(15-11)18-4/h5-7H2,1-4H3. The van der Waals surface area contributed by atoms with Crippen LogP contribution < -0.4 is 0 Å². The average molecular weight is 327 g/mol. The summed E-state index contributed by atoms with van der Waals surface area (Å²) in [6.07, 6.45) is 2.98. The summed E-state index contributed by atoms with van der Waals surface area (Å²) in [5.41, 5.74) is 1.32. The molecule has 0 radical (unpaired) electrons. The number of rotatable bonds is 3. The molecular weight excluding hydrogens is 308 g/mol. The lowest BCUT2D eigenvalue weighted by atomic mass is 9.95. The Bertz CT molecular complexity index is 651. The number of hydrogen-bond acceptors (Lipinski definition) is 6. The Morgan fingerprint density at radius 3 is 2.85 bits per heavy atom. The van der Waals surface area contributed by atoms with E-state index in [1.54, 1.807) is 23.1 Å². The molecular formula is C14H18N2OS3. The minimum atomic E-state index is -0.0899. The third-order valence-electron chi connectivity index (χ3n) is 3.34. The topological polar surface area (TPSA) is 35.0 Å². The first-order chi connectivity index (χ1) is 9.54. The molecule has 108 valence electrons. The maximum Gasteiger partial charge on any atom is 0.189 e. The van der Waals surface area contributed by atoms with E-state index >= 15 is 0 Å². The van der Waals surface area contributed by atoms with E-state index in [0.29, 0.717) is 6.61 Å². The van der Waals surface area contributed by atoms with Crippen molar-refractivity contribution in [3.05, 3.63) is 10.4 Å². The van der Waals surface area contributed by atoms with E-state index in [4.69, 9.17) is 14.7 Å². The molecule has 0 atom stereocenters. The maximum atomic E-state index is 5.93. The lowest BCUT2D eigenvalue weighted by Crippen LogP contribution is -2.31. The fourth-order valence-electron chi connectivity index (χ4n) is 2.43. The number of aromatic nitrogens is 2. The smallest absolute Gasteiger partial charge is 0.189 e. The van der Waals surface area contributed by atoms with Gasteiger partial charge in [-0.3, -0.25) is 0 Å². The molecule has 0 aromatic carbocycles. The van der Waals surface area contributed by atoms with Crippen molar-refractivity contribution in [3.63, 3.8) is 0 Å². The second-order valence-electron chi connectivity index (χ2n) is 5.36. The van der Waals surface area contributed by atoms with Crippen LogP contribution in [0.5, 0.6) is 0 Å². The molecule has 1 aliphatic heterocycles. The zero-order chi connectivity index (χ0) is 14.3. The van der Waals surface area contributed by atoms with Gasteiger partial charge in [-0.1, -0.05) is 18.7 Å². The van der Waals surface area contributed by atoms with Crippen molar-refractivity contribution >= 4 is 45.1 Å². The zero-order valence-corrected chi connectivity index (χ0v) is 14.6. The lowest BCUT2D eigenvalue weighted by molar-refractivity contribution is -0.0379. The molecule has 20 heavy (non-hydrogen) atoms. The van der Waals surface area contributed by atoms with Crippen LogP contribution in [-0.2, 0) is 17.8 Å². The van der Waals surface area contributed by atoms with Crippen LogP contribution in [0.2, 0.25) is 0 Å². The first-order valence-electron chi connectivity index (χ1n) is 6.67. The van der Waals surface area contributed by atoms with Gasteiger partial charge in [-0.2, -0.15) is 0 Å². The third kappa shape index (κ3) is 2.58. The number of fused-ring (bicyclic) bond motifs is 3. The average Bonchev–Trinajstić information content (AvgIpc) is 2.75. The molecule has 2 aromatic rings. The van der Waals surface area contributed by atoms with Crippen LogP contribution in [0.4, 0.5) is 0 Å². The van der Waals surface area contributed by atoms with Gasteiger partial charge in [-0.15, -0.1) is 23.1 Å².